The number of allylic oxidation sites excluding steroid dienone is 2. The molecule has 3 heteroatoms. The summed E-state index contributed by atoms with van der Waals surface area (Å²) in [6, 6.07) is 0. The third-order valence-corrected chi connectivity index (χ3v) is 4.31. The van der Waals surface area contributed by atoms with Crippen LogP contribution in [0.4, 0.5) is 0 Å². The molecule has 0 aromatic heterocycles. The molecule has 0 saturated carbocycles. The highest BCUT2D eigenvalue weighted by molar-refractivity contribution is 5.04. The average Bonchev–Trinajstić information content (AvgIpc) is 2.47. The number of ether oxygens (including phenoxy) is 2. The van der Waals surface area contributed by atoms with Crippen molar-refractivity contribution < 1.29 is 9.47 Å². The van der Waals surface area contributed by atoms with Gasteiger partial charge in [0.2, 0.25) is 0 Å². The van der Waals surface area contributed by atoms with Crippen molar-refractivity contribution in [1.29, 1.82) is 0 Å². The van der Waals surface area contributed by atoms with Crippen LogP contribution in [0.15, 0.2) is 24.7 Å². The summed E-state index contributed by atoms with van der Waals surface area (Å²) in [6.45, 7) is 15.5. The molecule has 20 heavy (non-hydrogen) atoms. The van der Waals surface area contributed by atoms with Crippen molar-refractivity contribution in [3.8, 4) is 0 Å². The Morgan fingerprint density at radius 2 is 2.25 bits per heavy atom. The van der Waals surface area contributed by atoms with Crippen LogP contribution in [0, 0.1) is 11.3 Å². The van der Waals surface area contributed by atoms with Crippen LogP contribution >= 0.6 is 0 Å². The van der Waals surface area contributed by atoms with Crippen LogP contribution in [0.25, 0.3) is 0 Å². The second kappa shape index (κ2) is 8.35. The molecule has 2 unspecified atom stereocenters. The average molecular weight is 281 g/mol. The van der Waals surface area contributed by atoms with Crippen molar-refractivity contribution in [2.75, 3.05) is 19.7 Å². The molecule has 116 valence electrons. The summed E-state index contributed by atoms with van der Waals surface area (Å²) < 4.78 is 11.5. The molecule has 0 aliphatic carbocycles. The SMILES string of the molecule is C=C(OC(CC)CO/C=C/C)C(C)(C)C1CCCNC1. The second-order valence-corrected chi connectivity index (χ2v) is 6.14. The summed E-state index contributed by atoms with van der Waals surface area (Å²) in [4.78, 5) is 0. The zero-order valence-corrected chi connectivity index (χ0v) is 13.6. The maximum Gasteiger partial charge on any atom is 0.132 e. The summed E-state index contributed by atoms with van der Waals surface area (Å²) in [5.41, 5.74) is 0.00142. The van der Waals surface area contributed by atoms with E-state index in [0.29, 0.717) is 12.5 Å². The fourth-order valence-corrected chi connectivity index (χ4v) is 2.54. The molecule has 1 saturated heterocycles. The van der Waals surface area contributed by atoms with Gasteiger partial charge in [-0.1, -0.05) is 33.4 Å². The Kier molecular flexibility index (Phi) is 7.14. The van der Waals surface area contributed by atoms with Gasteiger partial charge in [0, 0.05) is 5.41 Å². The molecule has 3 nitrogen and oxygen atoms in total. The Bertz CT molecular complexity index is 317. The van der Waals surface area contributed by atoms with Crippen LogP contribution < -0.4 is 5.32 Å². The van der Waals surface area contributed by atoms with Gasteiger partial charge < -0.3 is 14.8 Å². The Morgan fingerprint density at radius 3 is 2.80 bits per heavy atom. The second-order valence-electron chi connectivity index (χ2n) is 6.14. The Hall–Kier alpha value is -0.960. The molecule has 0 aromatic rings. The van der Waals surface area contributed by atoms with E-state index in [9.17, 15) is 0 Å². The third-order valence-electron chi connectivity index (χ3n) is 4.31. The fourth-order valence-electron chi connectivity index (χ4n) is 2.54. The van der Waals surface area contributed by atoms with E-state index in [4.69, 9.17) is 9.47 Å². The van der Waals surface area contributed by atoms with Gasteiger partial charge >= 0.3 is 0 Å². The minimum atomic E-state index is 0.00142. The molecular formula is C17H31NO2. The summed E-state index contributed by atoms with van der Waals surface area (Å²) in [5, 5.41) is 3.47. The first kappa shape index (κ1) is 17.1. The zero-order chi connectivity index (χ0) is 15.0. The van der Waals surface area contributed by atoms with E-state index in [0.717, 1.165) is 25.3 Å². The van der Waals surface area contributed by atoms with Crippen molar-refractivity contribution in [1.82, 2.24) is 5.32 Å². The van der Waals surface area contributed by atoms with E-state index in [1.165, 1.54) is 12.8 Å². The maximum absolute atomic E-state index is 6.08. The molecule has 0 radical (unpaired) electrons. The predicted molar refractivity (Wildman–Crippen MR) is 84.4 cm³/mol. The van der Waals surface area contributed by atoms with Crippen molar-refractivity contribution in [2.24, 2.45) is 11.3 Å². The van der Waals surface area contributed by atoms with Crippen LogP contribution in [0.5, 0.6) is 0 Å². The molecule has 1 fully saturated rings. The number of piperidine rings is 1. The van der Waals surface area contributed by atoms with Crippen molar-refractivity contribution in [3.63, 3.8) is 0 Å². The van der Waals surface area contributed by atoms with Crippen LogP contribution in [0.2, 0.25) is 0 Å². The molecule has 1 N–H and O–H groups in total. The molecule has 2 atom stereocenters. The van der Waals surface area contributed by atoms with Crippen molar-refractivity contribution in [2.45, 2.75) is 53.1 Å². The lowest BCUT2D eigenvalue weighted by atomic mass is 9.74. The molecule has 1 heterocycles. The summed E-state index contributed by atoms with van der Waals surface area (Å²) in [5.74, 6) is 1.49. The van der Waals surface area contributed by atoms with E-state index < -0.39 is 0 Å². The smallest absolute Gasteiger partial charge is 0.132 e. The topological polar surface area (TPSA) is 30.5 Å². The van der Waals surface area contributed by atoms with Crippen LogP contribution in [0.3, 0.4) is 0 Å². The molecule has 0 spiro atoms. The molecular weight excluding hydrogens is 250 g/mol. The highest BCUT2D eigenvalue weighted by Gasteiger charge is 2.35. The first-order valence-electron chi connectivity index (χ1n) is 7.81. The number of hydrogen-bond acceptors (Lipinski definition) is 3. The lowest BCUT2D eigenvalue weighted by Crippen LogP contribution is -2.40. The van der Waals surface area contributed by atoms with Crippen LogP contribution in [-0.2, 0) is 9.47 Å². The van der Waals surface area contributed by atoms with Crippen LogP contribution in [0.1, 0.15) is 47.0 Å². The Labute approximate surface area is 124 Å². The lowest BCUT2D eigenvalue weighted by molar-refractivity contribution is 0.00764. The first-order valence-corrected chi connectivity index (χ1v) is 7.81. The fraction of sp³-hybridized carbons (Fsp3) is 0.765. The number of hydrogen-bond donors (Lipinski definition) is 1. The quantitative estimate of drug-likeness (QED) is 0.685. The van der Waals surface area contributed by atoms with Gasteiger partial charge in [0.1, 0.15) is 12.7 Å². The van der Waals surface area contributed by atoms with Gasteiger partial charge in [0.25, 0.3) is 0 Å². The van der Waals surface area contributed by atoms with E-state index in [1.807, 2.05) is 13.0 Å². The minimum Gasteiger partial charge on any atom is -0.498 e. The minimum absolute atomic E-state index is 0.00142. The van der Waals surface area contributed by atoms with Gasteiger partial charge in [-0.15, -0.1) is 0 Å². The third kappa shape index (κ3) is 4.86. The monoisotopic (exact) mass is 281 g/mol. The van der Waals surface area contributed by atoms with Gasteiger partial charge in [-0.05, 0) is 45.2 Å². The molecule has 1 aliphatic heterocycles. The summed E-state index contributed by atoms with van der Waals surface area (Å²) in [7, 11) is 0. The highest BCUT2D eigenvalue weighted by Crippen LogP contribution is 2.38. The van der Waals surface area contributed by atoms with Gasteiger partial charge in [-0.2, -0.15) is 0 Å². The summed E-state index contributed by atoms with van der Waals surface area (Å²) >= 11 is 0. The highest BCUT2D eigenvalue weighted by atomic mass is 16.5. The molecule has 0 aromatic carbocycles. The van der Waals surface area contributed by atoms with Crippen molar-refractivity contribution >= 4 is 0 Å². The van der Waals surface area contributed by atoms with E-state index in [1.54, 1.807) is 6.26 Å². The number of rotatable bonds is 8. The van der Waals surface area contributed by atoms with E-state index in [2.05, 4.69) is 32.7 Å². The predicted octanol–water partition coefficient (Wildman–Crippen LogP) is 3.87. The van der Waals surface area contributed by atoms with Gasteiger partial charge in [-0.3, -0.25) is 0 Å². The molecule has 0 amide bonds. The Balaban J connectivity index is 2.52. The maximum atomic E-state index is 6.08. The standard InChI is InChI=1S/C17H31NO2/c1-6-11-19-13-16(7-2)20-14(3)17(4,5)15-9-8-10-18-12-15/h6,11,15-16,18H,3,7-10,12-13H2,1-2,4-5H3/b11-6+. The molecule has 1 rings (SSSR count). The first-order chi connectivity index (χ1) is 9.52. The van der Waals surface area contributed by atoms with Crippen LogP contribution in [-0.4, -0.2) is 25.8 Å². The normalized spacial score (nSPS) is 21.7. The van der Waals surface area contributed by atoms with E-state index in [-0.39, 0.29) is 11.5 Å². The number of nitrogens with one attached hydrogen (secondary N) is 1. The van der Waals surface area contributed by atoms with Gasteiger partial charge in [0.05, 0.1) is 12.0 Å². The van der Waals surface area contributed by atoms with Gasteiger partial charge in [-0.25, -0.2) is 0 Å². The van der Waals surface area contributed by atoms with E-state index >= 15 is 0 Å². The lowest BCUT2D eigenvalue weighted by Gasteiger charge is -2.39. The summed E-state index contributed by atoms with van der Waals surface area (Å²) in [6.07, 6.45) is 7.09. The van der Waals surface area contributed by atoms with Gasteiger partial charge in [0.15, 0.2) is 0 Å². The van der Waals surface area contributed by atoms with Crippen molar-refractivity contribution in [3.05, 3.63) is 24.7 Å². The zero-order valence-electron chi connectivity index (χ0n) is 13.6. The largest absolute Gasteiger partial charge is 0.498 e. The molecule has 1 aliphatic rings. The molecule has 0 bridgehead atoms. The Morgan fingerprint density at radius 1 is 1.50 bits per heavy atom.